The first-order chi connectivity index (χ1) is 51.4. The van der Waals surface area contributed by atoms with Gasteiger partial charge in [0.25, 0.3) is 0 Å². The first-order valence-electron chi connectivity index (χ1n) is 35.6. The van der Waals surface area contributed by atoms with Crippen LogP contribution in [-0.2, 0) is 0 Å². The third-order valence-corrected chi connectivity index (χ3v) is 22.4. The average molecular weight is 1390 g/mol. The van der Waals surface area contributed by atoms with Gasteiger partial charge in [0.15, 0.2) is 0 Å². The van der Waals surface area contributed by atoms with Crippen molar-refractivity contribution in [2.75, 3.05) is 0 Å². The second kappa shape index (κ2) is 24.9. The summed E-state index contributed by atoms with van der Waals surface area (Å²) in [6.45, 7) is 0. The van der Waals surface area contributed by atoms with E-state index in [2.05, 4.69) is 344 Å². The van der Waals surface area contributed by atoms with Crippen LogP contribution in [-0.4, -0.2) is 17.2 Å². The number of hydrogen-bond donors (Lipinski definition) is 2. The van der Waals surface area contributed by atoms with Crippen LogP contribution < -0.4 is 5.46 Å². The highest BCUT2D eigenvalue weighted by molar-refractivity contribution is 9.10. The molecule has 0 bridgehead atoms. The topological polar surface area (TPSA) is 40.5 Å². The lowest BCUT2D eigenvalue weighted by Crippen LogP contribution is -2.30. The molecule has 0 radical (unpaired) electrons. The summed E-state index contributed by atoms with van der Waals surface area (Å²) in [4.78, 5) is 0. The third kappa shape index (κ3) is 9.79. The van der Waals surface area contributed by atoms with Crippen LogP contribution >= 0.6 is 15.9 Å². The van der Waals surface area contributed by atoms with Crippen molar-refractivity contribution in [2.45, 2.75) is 0 Å². The van der Waals surface area contributed by atoms with Gasteiger partial charge in [0.1, 0.15) is 0 Å². The fraction of sp³-hybridized carbons (Fsp3) is 0. The Hall–Kier alpha value is -12.5. The standard InChI is InChI=1S/C50H30.C34H21Br.C16H11BO2/c1-3-12-31(13-4-1)45-30-44(47(35-14-5-2-6-15-35)50-43-23-10-17-34-16-9-22-42(46(34)43)49(45)50)33-26-24-32(25-27-33)36-28-29-41-38-19-8-7-18-37(38)40-21-11-20-39(36)48(40)41;35-26-19-17-23(18-20-26)29-21-30(22-9-3-1-4-10-22)33-27-15-7-13-24-14-8-16-28(31(24)27)34(33)32(29)25-11-5-2-6-12-25;18-17(19)15-9-8-13-11-5-2-1-4-10(11)12-6-3-7-14(15)16(12)13/h1-30H;1-21H;1-9,18-19H. The van der Waals surface area contributed by atoms with E-state index in [-0.39, 0.29) is 0 Å². The van der Waals surface area contributed by atoms with Gasteiger partial charge in [-0.3, -0.25) is 0 Å². The van der Waals surface area contributed by atoms with Crippen molar-refractivity contribution in [3.05, 3.63) is 368 Å². The van der Waals surface area contributed by atoms with Crippen LogP contribution in [0, 0.1) is 0 Å². The summed E-state index contributed by atoms with van der Waals surface area (Å²) < 4.78 is 1.09. The summed E-state index contributed by atoms with van der Waals surface area (Å²) in [5.74, 6) is 0. The average Bonchev–Trinajstić information content (AvgIpc) is 1.56. The molecule has 2 nitrogen and oxygen atoms in total. The fourth-order valence-corrected chi connectivity index (χ4v) is 17.8. The highest BCUT2D eigenvalue weighted by Gasteiger charge is 2.33. The zero-order valence-electron chi connectivity index (χ0n) is 56.5. The molecule has 18 aromatic carbocycles. The molecule has 0 saturated carbocycles. The molecular formula is C100H62BBrO2. The minimum Gasteiger partial charge on any atom is -0.423 e. The molecule has 0 saturated heterocycles. The smallest absolute Gasteiger partial charge is 0.423 e. The zero-order valence-corrected chi connectivity index (χ0v) is 58.1. The van der Waals surface area contributed by atoms with Crippen LogP contribution in [0.25, 0.3) is 210 Å². The maximum absolute atomic E-state index is 9.50. The predicted octanol–water partition coefficient (Wildman–Crippen LogP) is 26.4. The van der Waals surface area contributed by atoms with E-state index < -0.39 is 7.12 Å². The minimum absolute atomic E-state index is 0.563. The van der Waals surface area contributed by atoms with Gasteiger partial charge in [-0.2, -0.15) is 0 Å². The van der Waals surface area contributed by atoms with E-state index in [4.69, 9.17) is 0 Å². The quantitative estimate of drug-likeness (QED) is 0.149. The van der Waals surface area contributed by atoms with Gasteiger partial charge in [-0.15, -0.1) is 0 Å². The van der Waals surface area contributed by atoms with E-state index in [0.717, 1.165) is 15.2 Å². The molecule has 0 aromatic heterocycles. The molecule has 0 aliphatic heterocycles. The van der Waals surface area contributed by atoms with Crippen LogP contribution in [0.3, 0.4) is 0 Å². The number of fused-ring (bicyclic) bond motifs is 12. The van der Waals surface area contributed by atoms with E-state index in [0.29, 0.717) is 5.46 Å². The van der Waals surface area contributed by atoms with Gasteiger partial charge in [0.2, 0.25) is 0 Å². The third-order valence-electron chi connectivity index (χ3n) is 21.9. The number of benzene rings is 18. The molecule has 484 valence electrons. The molecule has 22 rings (SSSR count). The van der Waals surface area contributed by atoms with Crippen LogP contribution in [0.15, 0.2) is 368 Å². The Kier molecular flexibility index (Phi) is 14.7. The van der Waals surface area contributed by atoms with Gasteiger partial charge in [-0.05, 0) is 240 Å². The molecule has 0 atom stereocenters. The summed E-state index contributed by atoms with van der Waals surface area (Å²) in [5.41, 5.74) is 38.8. The van der Waals surface area contributed by atoms with E-state index >= 15 is 0 Å². The molecule has 18 aromatic rings. The van der Waals surface area contributed by atoms with Crippen molar-refractivity contribution in [3.8, 4) is 167 Å². The van der Waals surface area contributed by atoms with Gasteiger partial charge in [-0.25, -0.2) is 0 Å². The Bertz CT molecular complexity index is 6460. The molecule has 0 amide bonds. The van der Waals surface area contributed by atoms with Crippen molar-refractivity contribution >= 4 is 71.6 Å². The first-order valence-corrected chi connectivity index (χ1v) is 36.4. The molecule has 4 aliphatic rings. The molecule has 0 fully saturated rings. The highest BCUT2D eigenvalue weighted by atomic mass is 79.9. The van der Waals surface area contributed by atoms with Crippen LogP contribution in [0.4, 0.5) is 0 Å². The van der Waals surface area contributed by atoms with Gasteiger partial charge >= 0.3 is 7.12 Å². The van der Waals surface area contributed by atoms with Crippen molar-refractivity contribution < 1.29 is 10.0 Å². The molecule has 0 spiro atoms. The highest BCUT2D eigenvalue weighted by Crippen LogP contribution is 2.60. The number of rotatable bonds is 8. The molecular weight excluding hydrogens is 1320 g/mol. The maximum atomic E-state index is 9.50. The Morgan fingerprint density at radius 3 is 0.894 bits per heavy atom. The van der Waals surface area contributed by atoms with Crippen LogP contribution in [0.1, 0.15) is 0 Å². The summed E-state index contributed by atoms with van der Waals surface area (Å²) in [5, 5.41) is 29.0. The molecule has 4 aliphatic carbocycles. The Morgan fingerprint density at radius 1 is 0.183 bits per heavy atom. The Morgan fingerprint density at radius 2 is 0.471 bits per heavy atom. The second-order valence-electron chi connectivity index (χ2n) is 27.4. The van der Waals surface area contributed by atoms with Crippen LogP contribution in [0.2, 0.25) is 0 Å². The fourth-order valence-electron chi connectivity index (χ4n) is 17.5. The monoisotopic (exact) mass is 1380 g/mol. The Balaban J connectivity index is 0.000000115. The Labute approximate surface area is 612 Å². The maximum Gasteiger partial charge on any atom is 0.489 e. The number of hydrogen-bond acceptors (Lipinski definition) is 2. The summed E-state index contributed by atoms with van der Waals surface area (Å²) in [7, 11) is -1.44. The van der Waals surface area contributed by atoms with Gasteiger partial charge in [0.05, 0.1) is 0 Å². The summed E-state index contributed by atoms with van der Waals surface area (Å²) in [6.07, 6.45) is 0. The lowest BCUT2D eigenvalue weighted by molar-refractivity contribution is 0.426. The summed E-state index contributed by atoms with van der Waals surface area (Å²) >= 11 is 3.62. The van der Waals surface area contributed by atoms with Crippen molar-refractivity contribution in [1.29, 1.82) is 0 Å². The minimum atomic E-state index is -1.44. The van der Waals surface area contributed by atoms with Gasteiger partial charge < -0.3 is 10.0 Å². The zero-order chi connectivity index (χ0) is 69.1. The lowest BCUT2D eigenvalue weighted by Gasteiger charge is -2.21. The first kappa shape index (κ1) is 61.3. The molecule has 0 unspecified atom stereocenters. The lowest BCUT2D eigenvalue weighted by atomic mass is 9.76. The SMILES string of the molecule is Brc1ccc(-c2cc(-c3ccccc3)c3c(c2-c2ccccc2)-c2cccc4cccc-3c24)cc1.OB(O)c1ccc2c3c(cccc13)-c1ccccc1-2.c1ccc(-c2cc(-c3ccc(-c4ccc5c6c(cccc46)-c4ccccc4-5)cc3)c(-c3ccccc3)c3c2-c2cccc4cccc-3c24)cc1. The van der Waals surface area contributed by atoms with E-state index in [1.54, 1.807) is 6.07 Å². The van der Waals surface area contributed by atoms with E-state index in [9.17, 15) is 10.0 Å². The summed E-state index contributed by atoms with van der Waals surface area (Å²) in [6, 6.07) is 132. The van der Waals surface area contributed by atoms with E-state index in [1.807, 2.05) is 30.3 Å². The normalized spacial score (nSPS) is 11.8. The van der Waals surface area contributed by atoms with Crippen molar-refractivity contribution in [2.24, 2.45) is 0 Å². The van der Waals surface area contributed by atoms with E-state index in [1.165, 1.54) is 199 Å². The number of halogens is 1. The van der Waals surface area contributed by atoms with Crippen LogP contribution in [0.5, 0.6) is 0 Å². The molecule has 4 heteroatoms. The predicted molar refractivity (Wildman–Crippen MR) is 443 cm³/mol. The largest absolute Gasteiger partial charge is 0.489 e. The van der Waals surface area contributed by atoms with Crippen molar-refractivity contribution in [3.63, 3.8) is 0 Å². The van der Waals surface area contributed by atoms with Gasteiger partial charge in [-0.1, -0.05) is 356 Å². The van der Waals surface area contributed by atoms with Crippen molar-refractivity contribution in [1.82, 2.24) is 0 Å². The van der Waals surface area contributed by atoms with Gasteiger partial charge in [0, 0.05) is 4.47 Å². The molecule has 2 N–H and O–H groups in total. The molecule has 0 heterocycles. The second-order valence-corrected chi connectivity index (χ2v) is 28.4. The molecule has 104 heavy (non-hydrogen) atoms.